The Kier molecular flexibility index (Phi) is 4.40. The average molecular weight is 240 g/mol. The second kappa shape index (κ2) is 5.83. The summed E-state index contributed by atoms with van der Waals surface area (Å²) >= 11 is 0. The lowest BCUT2D eigenvalue weighted by atomic mass is 9.91. The van der Waals surface area contributed by atoms with Crippen LogP contribution in [0.25, 0.3) is 0 Å². The monoisotopic (exact) mass is 240 g/mol. The molecule has 2 N–H and O–H groups in total. The molecule has 0 bridgehead atoms. The number of carbonyl (C=O) groups is 1. The van der Waals surface area contributed by atoms with Crippen molar-refractivity contribution < 1.29 is 9.90 Å². The summed E-state index contributed by atoms with van der Waals surface area (Å²) in [7, 11) is 2.08. The Labute approximate surface area is 103 Å². The van der Waals surface area contributed by atoms with E-state index in [4.69, 9.17) is 0 Å². The third-order valence-corrected chi connectivity index (χ3v) is 4.04. The van der Waals surface area contributed by atoms with Crippen LogP contribution in [0.2, 0.25) is 0 Å². The van der Waals surface area contributed by atoms with Crippen LogP contribution < -0.4 is 5.32 Å². The van der Waals surface area contributed by atoms with E-state index in [1.165, 1.54) is 0 Å². The molecule has 1 amide bonds. The number of hydrogen-bond acceptors (Lipinski definition) is 3. The van der Waals surface area contributed by atoms with Crippen molar-refractivity contribution in [3.8, 4) is 0 Å². The van der Waals surface area contributed by atoms with Gasteiger partial charge in [-0.15, -0.1) is 0 Å². The van der Waals surface area contributed by atoms with Gasteiger partial charge in [0.15, 0.2) is 0 Å². The van der Waals surface area contributed by atoms with Crippen molar-refractivity contribution in [2.24, 2.45) is 5.92 Å². The van der Waals surface area contributed by atoms with E-state index >= 15 is 0 Å². The van der Waals surface area contributed by atoms with Crippen LogP contribution in [0.3, 0.4) is 0 Å². The molecule has 2 rings (SSSR count). The average Bonchev–Trinajstić information content (AvgIpc) is 2.32. The lowest BCUT2D eigenvalue weighted by Crippen LogP contribution is -2.46. The smallest absolute Gasteiger partial charge is 0.224 e. The Morgan fingerprint density at radius 2 is 1.94 bits per heavy atom. The number of hydrogen-bond donors (Lipinski definition) is 2. The van der Waals surface area contributed by atoms with Crippen molar-refractivity contribution in [1.82, 2.24) is 10.2 Å². The highest BCUT2D eigenvalue weighted by molar-refractivity contribution is 5.79. The van der Waals surface area contributed by atoms with E-state index in [1.807, 2.05) is 0 Å². The summed E-state index contributed by atoms with van der Waals surface area (Å²) in [6.45, 7) is 2.00. The van der Waals surface area contributed by atoms with E-state index in [1.54, 1.807) is 0 Å². The molecule has 1 saturated carbocycles. The Morgan fingerprint density at radius 1 is 1.24 bits per heavy atom. The first-order valence-corrected chi connectivity index (χ1v) is 6.82. The normalized spacial score (nSPS) is 35.5. The summed E-state index contributed by atoms with van der Waals surface area (Å²) in [6, 6.07) is 0.290. The zero-order chi connectivity index (χ0) is 12.3. The second-order valence-electron chi connectivity index (χ2n) is 5.62. The van der Waals surface area contributed by atoms with Crippen molar-refractivity contribution in [3.05, 3.63) is 0 Å². The second-order valence-corrected chi connectivity index (χ2v) is 5.62. The molecule has 1 atom stereocenters. The number of nitrogens with zero attached hydrogens (tertiary/aromatic N) is 1. The third-order valence-electron chi connectivity index (χ3n) is 4.04. The van der Waals surface area contributed by atoms with Crippen LogP contribution in [0.15, 0.2) is 0 Å². The number of aliphatic hydroxyl groups is 1. The molecule has 0 aromatic carbocycles. The Hall–Kier alpha value is -0.610. The molecule has 1 aliphatic carbocycles. The van der Waals surface area contributed by atoms with Gasteiger partial charge >= 0.3 is 0 Å². The summed E-state index contributed by atoms with van der Waals surface area (Å²) in [5, 5.41) is 12.6. The molecular weight excluding hydrogens is 216 g/mol. The standard InChI is InChI=1S/C13H24N2O2/c1-15-8-2-3-10(9-15)13(17)14-11-4-6-12(16)7-5-11/h10-12,16H,2-9H2,1H3,(H,14,17). The van der Waals surface area contributed by atoms with Crippen LogP contribution in [0.4, 0.5) is 0 Å². The van der Waals surface area contributed by atoms with Gasteiger partial charge in [-0.3, -0.25) is 4.79 Å². The van der Waals surface area contributed by atoms with Crippen molar-refractivity contribution in [3.63, 3.8) is 0 Å². The lowest BCUT2D eigenvalue weighted by molar-refractivity contribution is -0.127. The minimum absolute atomic E-state index is 0.149. The topological polar surface area (TPSA) is 52.6 Å². The predicted octanol–water partition coefficient (Wildman–Crippen LogP) is 0.748. The maximum Gasteiger partial charge on any atom is 0.224 e. The van der Waals surface area contributed by atoms with Crippen molar-refractivity contribution in [1.29, 1.82) is 0 Å². The molecule has 1 unspecified atom stereocenters. The van der Waals surface area contributed by atoms with Crippen molar-refractivity contribution in [2.45, 2.75) is 50.7 Å². The molecule has 0 aromatic heterocycles. The van der Waals surface area contributed by atoms with E-state index in [0.717, 1.165) is 51.6 Å². The number of amides is 1. The van der Waals surface area contributed by atoms with Gasteiger partial charge in [-0.2, -0.15) is 0 Å². The van der Waals surface area contributed by atoms with Crippen LogP contribution >= 0.6 is 0 Å². The molecule has 0 spiro atoms. The lowest BCUT2D eigenvalue weighted by Gasteiger charge is -2.32. The van der Waals surface area contributed by atoms with Gasteiger partial charge in [0.2, 0.25) is 5.91 Å². The maximum absolute atomic E-state index is 12.1. The molecule has 1 aliphatic heterocycles. The summed E-state index contributed by atoms with van der Waals surface area (Å²) in [4.78, 5) is 14.3. The zero-order valence-corrected chi connectivity index (χ0v) is 10.7. The van der Waals surface area contributed by atoms with Gasteiger partial charge in [0.25, 0.3) is 0 Å². The van der Waals surface area contributed by atoms with Crippen LogP contribution in [0.1, 0.15) is 38.5 Å². The highest BCUT2D eigenvalue weighted by atomic mass is 16.3. The van der Waals surface area contributed by atoms with Gasteiger partial charge in [0.1, 0.15) is 0 Å². The van der Waals surface area contributed by atoms with E-state index < -0.39 is 0 Å². The van der Waals surface area contributed by atoms with E-state index in [2.05, 4.69) is 17.3 Å². The number of rotatable bonds is 2. The van der Waals surface area contributed by atoms with E-state index in [0.29, 0.717) is 0 Å². The van der Waals surface area contributed by atoms with Gasteiger partial charge in [-0.1, -0.05) is 0 Å². The molecule has 4 nitrogen and oxygen atoms in total. The van der Waals surface area contributed by atoms with Gasteiger partial charge in [0, 0.05) is 12.6 Å². The zero-order valence-electron chi connectivity index (χ0n) is 10.7. The number of carbonyl (C=O) groups excluding carboxylic acids is 1. The van der Waals surface area contributed by atoms with Gasteiger partial charge in [-0.05, 0) is 52.1 Å². The first kappa shape index (κ1) is 12.8. The van der Waals surface area contributed by atoms with E-state index in [-0.39, 0.29) is 24.0 Å². The predicted molar refractivity (Wildman–Crippen MR) is 66.6 cm³/mol. The number of nitrogens with one attached hydrogen (secondary N) is 1. The summed E-state index contributed by atoms with van der Waals surface area (Å²) in [6.07, 6.45) is 5.50. The van der Waals surface area contributed by atoms with Gasteiger partial charge in [-0.25, -0.2) is 0 Å². The minimum Gasteiger partial charge on any atom is -0.393 e. The Balaban J connectivity index is 1.76. The minimum atomic E-state index is -0.149. The quantitative estimate of drug-likeness (QED) is 0.749. The molecule has 1 heterocycles. The molecule has 98 valence electrons. The first-order valence-electron chi connectivity index (χ1n) is 6.82. The molecule has 1 saturated heterocycles. The Bertz CT molecular complexity index is 262. The third kappa shape index (κ3) is 3.68. The van der Waals surface area contributed by atoms with Crippen LogP contribution in [0, 0.1) is 5.92 Å². The number of piperidine rings is 1. The molecule has 2 aliphatic rings. The van der Waals surface area contributed by atoms with Crippen LogP contribution in [-0.2, 0) is 4.79 Å². The highest BCUT2D eigenvalue weighted by Crippen LogP contribution is 2.20. The molecule has 4 heteroatoms. The first-order chi connectivity index (χ1) is 8.15. The van der Waals surface area contributed by atoms with Crippen molar-refractivity contribution >= 4 is 5.91 Å². The van der Waals surface area contributed by atoms with Crippen LogP contribution in [0.5, 0.6) is 0 Å². The largest absolute Gasteiger partial charge is 0.393 e. The van der Waals surface area contributed by atoms with E-state index in [9.17, 15) is 9.90 Å². The fourth-order valence-electron chi connectivity index (χ4n) is 2.92. The molecule has 0 aromatic rings. The number of likely N-dealkylation sites (tertiary alicyclic amines) is 1. The van der Waals surface area contributed by atoms with Gasteiger partial charge in [0.05, 0.1) is 12.0 Å². The summed E-state index contributed by atoms with van der Waals surface area (Å²) in [5.41, 5.74) is 0. The van der Waals surface area contributed by atoms with Crippen LogP contribution in [-0.4, -0.2) is 48.2 Å². The SMILES string of the molecule is CN1CCCC(C(=O)NC2CCC(O)CC2)C1. The maximum atomic E-state index is 12.1. The Morgan fingerprint density at radius 3 is 2.59 bits per heavy atom. The fraction of sp³-hybridized carbons (Fsp3) is 0.923. The number of aliphatic hydroxyl groups excluding tert-OH is 1. The molecule has 17 heavy (non-hydrogen) atoms. The van der Waals surface area contributed by atoms with Gasteiger partial charge < -0.3 is 15.3 Å². The summed E-state index contributed by atoms with van der Waals surface area (Å²) < 4.78 is 0. The van der Waals surface area contributed by atoms with Crippen molar-refractivity contribution in [2.75, 3.05) is 20.1 Å². The highest BCUT2D eigenvalue weighted by Gasteiger charge is 2.27. The summed E-state index contributed by atoms with van der Waals surface area (Å²) in [5.74, 6) is 0.388. The fourth-order valence-corrected chi connectivity index (χ4v) is 2.92. The molecule has 0 radical (unpaired) electrons. The molecule has 2 fully saturated rings. The molecular formula is C13H24N2O2.